The third-order valence-electron chi connectivity index (χ3n) is 5.12. The highest BCUT2D eigenvalue weighted by Crippen LogP contribution is 2.17. The van der Waals surface area contributed by atoms with Gasteiger partial charge in [-0.15, -0.1) is 0 Å². The van der Waals surface area contributed by atoms with Crippen molar-refractivity contribution in [1.82, 2.24) is 15.2 Å². The molecule has 0 aliphatic carbocycles. The van der Waals surface area contributed by atoms with E-state index in [-0.39, 0.29) is 11.8 Å². The summed E-state index contributed by atoms with van der Waals surface area (Å²) in [5.74, 6) is 1.44. The van der Waals surface area contributed by atoms with Gasteiger partial charge in [0.25, 0.3) is 5.91 Å². The van der Waals surface area contributed by atoms with E-state index in [1.54, 1.807) is 24.0 Å². The lowest BCUT2D eigenvalue weighted by Crippen LogP contribution is -2.55. The van der Waals surface area contributed by atoms with E-state index in [9.17, 15) is 9.59 Å². The number of piperazine rings is 1. The van der Waals surface area contributed by atoms with Gasteiger partial charge < -0.3 is 15.1 Å². The number of carbonyl (C=O) groups excluding carboxylic acids is 2. The van der Waals surface area contributed by atoms with Crippen molar-refractivity contribution < 1.29 is 9.59 Å². The number of benzene rings is 1. The monoisotopic (exact) mass is 446 g/mol. The van der Waals surface area contributed by atoms with Crippen LogP contribution >= 0.6 is 23.4 Å². The molecule has 1 aromatic carbocycles. The highest BCUT2D eigenvalue weighted by molar-refractivity contribution is 7.98. The number of thioether (sulfide) groups is 1. The molecule has 1 unspecified atom stereocenters. The fourth-order valence-electron chi connectivity index (χ4n) is 3.45. The number of anilines is 1. The van der Waals surface area contributed by atoms with Gasteiger partial charge in [-0.3, -0.25) is 9.59 Å². The molecule has 1 atom stereocenters. The summed E-state index contributed by atoms with van der Waals surface area (Å²) in [6, 6.07) is 10.6. The predicted molar refractivity (Wildman–Crippen MR) is 123 cm³/mol. The number of pyridine rings is 1. The maximum absolute atomic E-state index is 13.2. The summed E-state index contributed by atoms with van der Waals surface area (Å²) in [6.07, 6.45) is 4.24. The first-order valence-corrected chi connectivity index (χ1v) is 11.8. The summed E-state index contributed by atoms with van der Waals surface area (Å²) in [5.41, 5.74) is 1.59. The van der Waals surface area contributed by atoms with Gasteiger partial charge in [0.05, 0.1) is 5.02 Å². The maximum atomic E-state index is 13.2. The first-order chi connectivity index (χ1) is 14.5. The first kappa shape index (κ1) is 22.4. The minimum atomic E-state index is -0.523. The minimum absolute atomic E-state index is 0.0197. The van der Waals surface area contributed by atoms with E-state index in [0.717, 1.165) is 17.1 Å². The molecule has 30 heavy (non-hydrogen) atoms. The molecule has 2 heterocycles. The molecule has 2 aromatic rings. The van der Waals surface area contributed by atoms with Crippen molar-refractivity contribution in [1.29, 1.82) is 0 Å². The summed E-state index contributed by atoms with van der Waals surface area (Å²) >= 11 is 7.58. The van der Waals surface area contributed by atoms with Gasteiger partial charge in [0.1, 0.15) is 11.9 Å². The van der Waals surface area contributed by atoms with Crippen molar-refractivity contribution in [2.24, 2.45) is 0 Å². The number of amides is 2. The molecule has 1 fully saturated rings. The zero-order chi connectivity index (χ0) is 21.5. The number of aromatic nitrogens is 1. The molecule has 1 aliphatic rings. The molecule has 3 rings (SSSR count). The van der Waals surface area contributed by atoms with Crippen LogP contribution in [0.4, 0.5) is 5.82 Å². The van der Waals surface area contributed by atoms with E-state index in [1.165, 1.54) is 0 Å². The summed E-state index contributed by atoms with van der Waals surface area (Å²) < 4.78 is 0. The number of nitrogens with one attached hydrogen (secondary N) is 1. The van der Waals surface area contributed by atoms with Gasteiger partial charge in [-0.1, -0.05) is 29.3 Å². The summed E-state index contributed by atoms with van der Waals surface area (Å²) in [6.45, 7) is 4.53. The van der Waals surface area contributed by atoms with Crippen LogP contribution in [0.25, 0.3) is 0 Å². The molecule has 0 bridgehead atoms. The van der Waals surface area contributed by atoms with Crippen LogP contribution in [-0.2, 0) is 4.79 Å². The van der Waals surface area contributed by atoms with Crippen LogP contribution in [0.15, 0.2) is 42.6 Å². The van der Waals surface area contributed by atoms with E-state index in [0.29, 0.717) is 43.2 Å². The van der Waals surface area contributed by atoms with Crippen LogP contribution < -0.4 is 10.2 Å². The lowest BCUT2D eigenvalue weighted by Gasteiger charge is -2.37. The highest BCUT2D eigenvalue weighted by atomic mass is 35.5. The summed E-state index contributed by atoms with van der Waals surface area (Å²) in [5, 5.41) is 3.56. The van der Waals surface area contributed by atoms with E-state index in [1.807, 2.05) is 48.4 Å². The Morgan fingerprint density at radius 2 is 1.97 bits per heavy atom. The largest absolute Gasteiger partial charge is 0.353 e. The molecule has 160 valence electrons. The zero-order valence-corrected chi connectivity index (χ0v) is 18.9. The number of hydrogen-bond acceptors (Lipinski definition) is 5. The lowest BCUT2D eigenvalue weighted by atomic mass is 10.1. The van der Waals surface area contributed by atoms with E-state index >= 15 is 0 Å². The predicted octanol–water partition coefficient (Wildman–Crippen LogP) is 3.24. The normalized spacial score (nSPS) is 15.0. The Balaban J connectivity index is 1.62. The Morgan fingerprint density at radius 3 is 2.60 bits per heavy atom. The lowest BCUT2D eigenvalue weighted by molar-refractivity contribution is -0.133. The van der Waals surface area contributed by atoms with Crippen molar-refractivity contribution in [2.75, 3.05) is 43.1 Å². The van der Waals surface area contributed by atoms with Gasteiger partial charge in [-0.2, -0.15) is 11.8 Å². The van der Waals surface area contributed by atoms with Gasteiger partial charge in [-0.05, 0) is 49.6 Å². The Bertz CT molecular complexity index is 870. The molecular formula is C22H27ClN4O2S. The molecule has 0 spiro atoms. The van der Waals surface area contributed by atoms with Gasteiger partial charge in [0.15, 0.2) is 0 Å². The van der Waals surface area contributed by atoms with Crippen LogP contribution in [-0.4, -0.2) is 65.9 Å². The smallest absolute Gasteiger partial charge is 0.251 e. The SMILES string of the molecule is CSCCC(NC(=O)c1cccc(C)c1)C(=O)N1CCN(c2ccc(Cl)cn2)CC1. The minimum Gasteiger partial charge on any atom is -0.353 e. The van der Waals surface area contributed by atoms with Crippen LogP contribution in [0, 0.1) is 6.92 Å². The summed E-state index contributed by atoms with van der Waals surface area (Å²) in [4.78, 5) is 34.2. The number of rotatable bonds is 7. The number of nitrogens with zero attached hydrogens (tertiary/aromatic N) is 3. The van der Waals surface area contributed by atoms with Crippen LogP contribution in [0.3, 0.4) is 0 Å². The Kier molecular flexibility index (Phi) is 7.99. The van der Waals surface area contributed by atoms with E-state index < -0.39 is 6.04 Å². The molecule has 6 nitrogen and oxygen atoms in total. The second-order valence-corrected chi connectivity index (χ2v) is 8.75. The third-order valence-corrected chi connectivity index (χ3v) is 5.99. The molecular weight excluding hydrogens is 420 g/mol. The number of carbonyl (C=O) groups is 2. The standard InChI is InChI=1S/C22H27ClN4O2S/c1-16-4-3-5-17(14-16)21(28)25-19(8-13-30-2)22(29)27-11-9-26(10-12-27)20-7-6-18(23)15-24-20/h3-7,14-15,19H,8-13H2,1-2H3,(H,25,28). The molecule has 1 aromatic heterocycles. The first-order valence-electron chi connectivity index (χ1n) is 9.99. The van der Waals surface area contributed by atoms with Crippen LogP contribution in [0.1, 0.15) is 22.3 Å². The van der Waals surface area contributed by atoms with Gasteiger partial charge in [0.2, 0.25) is 5.91 Å². The third kappa shape index (κ3) is 5.89. The van der Waals surface area contributed by atoms with Crippen molar-refractivity contribution in [3.63, 3.8) is 0 Å². The number of halogens is 1. The maximum Gasteiger partial charge on any atom is 0.251 e. The summed E-state index contributed by atoms with van der Waals surface area (Å²) in [7, 11) is 0. The number of hydrogen-bond donors (Lipinski definition) is 1. The molecule has 1 saturated heterocycles. The second kappa shape index (κ2) is 10.7. The fourth-order valence-corrected chi connectivity index (χ4v) is 4.04. The van der Waals surface area contributed by atoms with Crippen molar-refractivity contribution >= 4 is 41.0 Å². The topological polar surface area (TPSA) is 65.5 Å². The second-order valence-electron chi connectivity index (χ2n) is 7.32. The van der Waals surface area contributed by atoms with E-state index in [4.69, 9.17) is 11.6 Å². The van der Waals surface area contributed by atoms with Crippen molar-refractivity contribution in [3.8, 4) is 0 Å². The van der Waals surface area contributed by atoms with Gasteiger partial charge in [-0.25, -0.2) is 4.98 Å². The Labute approximate surface area is 187 Å². The average molecular weight is 447 g/mol. The quantitative estimate of drug-likeness (QED) is 0.707. The zero-order valence-electron chi connectivity index (χ0n) is 17.3. The Morgan fingerprint density at radius 1 is 1.20 bits per heavy atom. The van der Waals surface area contributed by atoms with Crippen LogP contribution in [0.2, 0.25) is 5.02 Å². The van der Waals surface area contributed by atoms with E-state index in [2.05, 4.69) is 15.2 Å². The molecule has 8 heteroatoms. The molecule has 2 amide bonds. The van der Waals surface area contributed by atoms with Gasteiger partial charge >= 0.3 is 0 Å². The Hall–Kier alpha value is -2.25. The fraction of sp³-hybridized carbons (Fsp3) is 0.409. The van der Waals surface area contributed by atoms with Gasteiger partial charge in [0, 0.05) is 37.9 Å². The van der Waals surface area contributed by atoms with Crippen molar-refractivity contribution in [2.45, 2.75) is 19.4 Å². The molecule has 1 aliphatic heterocycles. The van der Waals surface area contributed by atoms with Crippen LogP contribution in [0.5, 0.6) is 0 Å². The molecule has 1 N–H and O–H groups in total. The number of aryl methyl sites for hydroxylation is 1. The average Bonchev–Trinajstić information content (AvgIpc) is 2.76. The highest BCUT2D eigenvalue weighted by Gasteiger charge is 2.29. The molecule has 0 radical (unpaired) electrons. The van der Waals surface area contributed by atoms with Crippen molar-refractivity contribution in [3.05, 3.63) is 58.7 Å². The molecule has 0 saturated carbocycles.